The van der Waals surface area contributed by atoms with Crippen molar-refractivity contribution in [2.75, 3.05) is 6.54 Å². The fourth-order valence-electron chi connectivity index (χ4n) is 2.53. The van der Waals surface area contributed by atoms with E-state index in [1.165, 1.54) is 11.0 Å². The SMILES string of the molecule is NC1CC=CC2=C1CN(C1=CCC(=O)NC1=O)C2=O. The number of carbonyl (C=O) groups is 3. The van der Waals surface area contributed by atoms with E-state index in [0.29, 0.717) is 18.5 Å². The molecule has 1 unspecified atom stereocenters. The van der Waals surface area contributed by atoms with Crippen molar-refractivity contribution in [3.05, 3.63) is 35.1 Å². The van der Waals surface area contributed by atoms with E-state index in [9.17, 15) is 14.4 Å². The van der Waals surface area contributed by atoms with Crippen LogP contribution in [0.25, 0.3) is 0 Å². The van der Waals surface area contributed by atoms with Gasteiger partial charge >= 0.3 is 0 Å². The quantitative estimate of drug-likeness (QED) is 0.612. The monoisotopic (exact) mass is 259 g/mol. The molecule has 0 bridgehead atoms. The second kappa shape index (κ2) is 4.17. The van der Waals surface area contributed by atoms with Crippen LogP contribution in [0.15, 0.2) is 35.1 Å². The zero-order chi connectivity index (χ0) is 13.6. The van der Waals surface area contributed by atoms with Crippen molar-refractivity contribution >= 4 is 17.7 Å². The van der Waals surface area contributed by atoms with Crippen LogP contribution in [0.3, 0.4) is 0 Å². The Balaban J connectivity index is 1.90. The van der Waals surface area contributed by atoms with E-state index in [1.807, 2.05) is 6.08 Å². The summed E-state index contributed by atoms with van der Waals surface area (Å²) in [6.45, 7) is 0.327. The molecule has 0 spiro atoms. The largest absolute Gasteiger partial charge is 0.324 e. The highest BCUT2D eigenvalue weighted by molar-refractivity contribution is 6.12. The van der Waals surface area contributed by atoms with Gasteiger partial charge in [0.2, 0.25) is 5.91 Å². The van der Waals surface area contributed by atoms with Gasteiger partial charge < -0.3 is 5.73 Å². The van der Waals surface area contributed by atoms with Crippen LogP contribution in [0.4, 0.5) is 0 Å². The van der Waals surface area contributed by atoms with Gasteiger partial charge in [0.1, 0.15) is 5.70 Å². The summed E-state index contributed by atoms with van der Waals surface area (Å²) in [6.07, 6.45) is 5.92. The minimum atomic E-state index is -0.526. The van der Waals surface area contributed by atoms with E-state index in [1.54, 1.807) is 6.08 Å². The van der Waals surface area contributed by atoms with E-state index in [0.717, 1.165) is 5.57 Å². The second-order valence-electron chi connectivity index (χ2n) is 4.75. The number of nitrogens with zero attached hydrogens (tertiary/aromatic N) is 1. The molecule has 6 heteroatoms. The smallest absolute Gasteiger partial charge is 0.274 e. The predicted octanol–water partition coefficient (Wildman–Crippen LogP) is -0.657. The maximum Gasteiger partial charge on any atom is 0.274 e. The molecule has 0 saturated carbocycles. The number of nitrogens with two attached hydrogens (primary N) is 1. The molecule has 3 rings (SSSR count). The van der Waals surface area contributed by atoms with Crippen LogP contribution < -0.4 is 11.1 Å². The first-order valence-electron chi connectivity index (χ1n) is 6.09. The first-order chi connectivity index (χ1) is 9.08. The Morgan fingerprint density at radius 1 is 1.32 bits per heavy atom. The Morgan fingerprint density at radius 2 is 2.11 bits per heavy atom. The van der Waals surface area contributed by atoms with E-state index in [4.69, 9.17) is 5.73 Å². The number of imide groups is 1. The fraction of sp³-hybridized carbons (Fsp3) is 0.308. The van der Waals surface area contributed by atoms with Gasteiger partial charge in [-0.25, -0.2) is 0 Å². The summed E-state index contributed by atoms with van der Waals surface area (Å²) in [6, 6.07) is -0.178. The van der Waals surface area contributed by atoms with E-state index in [2.05, 4.69) is 5.32 Å². The molecule has 2 aliphatic heterocycles. The lowest BCUT2D eigenvalue weighted by molar-refractivity contribution is -0.133. The van der Waals surface area contributed by atoms with E-state index >= 15 is 0 Å². The van der Waals surface area contributed by atoms with E-state index < -0.39 is 5.91 Å². The van der Waals surface area contributed by atoms with Gasteiger partial charge in [-0.05, 0) is 18.1 Å². The molecule has 0 fully saturated rings. The first kappa shape index (κ1) is 11.9. The Bertz CT molecular complexity index is 586. The molecule has 0 aromatic carbocycles. The normalized spacial score (nSPS) is 26.6. The average molecular weight is 259 g/mol. The number of carbonyl (C=O) groups excluding carboxylic acids is 3. The van der Waals surface area contributed by atoms with Crippen molar-refractivity contribution in [3.63, 3.8) is 0 Å². The van der Waals surface area contributed by atoms with Gasteiger partial charge in [-0.15, -0.1) is 0 Å². The highest BCUT2D eigenvalue weighted by Crippen LogP contribution is 2.30. The Labute approximate surface area is 109 Å². The molecule has 0 aromatic heterocycles. The number of nitrogens with one attached hydrogen (secondary N) is 1. The third-order valence-corrected chi connectivity index (χ3v) is 3.53. The van der Waals surface area contributed by atoms with Crippen molar-refractivity contribution in [1.82, 2.24) is 10.2 Å². The van der Waals surface area contributed by atoms with Crippen LogP contribution in [0, 0.1) is 0 Å². The molecule has 0 aromatic rings. The Hall–Kier alpha value is -2.21. The molecule has 3 aliphatic rings. The third kappa shape index (κ3) is 1.80. The summed E-state index contributed by atoms with van der Waals surface area (Å²) in [5.41, 5.74) is 7.64. The molecule has 2 heterocycles. The summed E-state index contributed by atoms with van der Waals surface area (Å²) in [7, 11) is 0. The summed E-state index contributed by atoms with van der Waals surface area (Å²) in [4.78, 5) is 36.5. The highest BCUT2D eigenvalue weighted by atomic mass is 16.2. The minimum Gasteiger partial charge on any atom is -0.324 e. The number of amides is 3. The molecule has 19 heavy (non-hydrogen) atoms. The standard InChI is InChI=1S/C13H13N3O3/c14-9-3-1-2-7-8(9)6-16(13(7)19)10-4-5-11(17)15-12(10)18/h1-2,4,9H,3,5-6,14H2,(H,15,17,18). The first-order valence-corrected chi connectivity index (χ1v) is 6.09. The molecule has 0 saturated heterocycles. The molecule has 3 N–H and O–H groups in total. The van der Waals surface area contributed by atoms with Crippen molar-refractivity contribution in [2.45, 2.75) is 18.9 Å². The molecule has 98 valence electrons. The summed E-state index contributed by atoms with van der Waals surface area (Å²) >= 11 is 0. The van der Waals surface area contributed by atoms with Crippen LogP contribution in [-0.2, 0) is 14.4 Å². The number of hydrogen-bond acceptors (Lipinski definition) is 4. The molecule has 6 nitrogen and oxygen atoms in total. The zero-order valence-corrected chi connectivity index (χ0v) is 10.2. The maximum absolute atomic E-state index is 12.3. The molecule has 3 amide bonds. The Morgan fingerprint density at radius 3 is 2.79 bits per heavy atom. The van der Waals surface area contributed by atoms with Crippen molar-refractivity contribution in [1.29, 1.82) is 0 Å². The van der Waals surface area contributed by atoms with Gasteiger partial charge in [0, 0.05) is 24.6 Å². The second-order valence-corrected chi connectivity index (χ2v) is 4.75. The lowest BCUT2D eigenvalue weighted by Gasteiger charge is -2.22. The number of rotatable bonds is 1. The lowest BCUT2D eigenvalue weighted by atomic mass is 9.96. The molecule has 1 aliphatic carbocycles. The maximum atomic E-state index is 12.3. The topological polar surface area (TPSA) is 92.5 Å². The highest BCUT2D eigenvalue weighted by Gasteiger charge is 2.37. The van der Waals surface area contributed by atoms with Crippen LogP contribution in [0.1, 0.15) is 12.8 Å². The van der Waals surface area contributed by atoms with E-state index in [-0.39, 0.29) is 30.0 Å². The lowest BCUT2D eigenvalue weighted by Crippen LogP contribution is -2.42. The van der Waals surface area contributed by atoms with Crippen molar-refractivity contribution in [3.8, 4) is 0 Å². The molecule has 0 radical (unpaired) electrons. The molecular formula is C13H13N3O3. The number of hydrogen-bond donors (Lipinski definition) is 2. The molecule has 1 atom stereocenters. The fourth-order valence-corrected chi connectivity index (χ4v) is 2.53. The minimum absolute atomic E-state index is 0.109. The van der Waals surface area contributed by atoms with Gasteiger partial charge in [-0.3, -0.25) is 24.6 Å². The third-order valence-electron chi connectivity index (χ3n) is 3.53. The predicted molar refractivity (Wildman–Crippen MR) is 66.3 cm³/mol. The summed E-state index contributed by atoms with van der Waals surface area (Å²) in [5.74, 6) is -1.10. The van der Waals surface area contributed by atoms with Crippen LogP contribution in [0.5, 0.6) is 0 Å². The van der Waals surface area contributed by atoms with Crippen LogP contribution in [0.2, 0.25) is 0 Å². The summed E-state index contributed by atoms with van der Waals surface area (Å²) in [5, 5.41) is 2.21. The van der Waals surface area contributed by atoms with Gasteiger partial charge in [0.25, 0.3) is 11.8 Å². The Kier molecular flexibility index (Phi) is 2.60. The van der Waals surface area contributed by atoms with Gasteiger partial charge in [0.05, 0.1) is 0 Å². The van der Waals surface area contributed by atoms with Gasteiger partial charge in [-0.1, -0.05) is 12.2 Å². The van der Waals surface area contributed by atoms with Crippen LogP contribution in [-0.4, -0.2) is 35.2 Å². The molecular weight excluding hydrogens is 246 g/mol. The zero-order valence-electron chi connectivity index (χ0n) is 10.2. The van der Waals surface area contributed by atoms with Gasteiger partial charge in [-0.2, -0.15) is 0 Å². The van der Waals surface area contributed by atoms with Crippen LogP contribution >= 0.6 is 0 Å². The van der Waals surface area contributed by atoms with Gasteiger partial charge in [0.15, 0.2) is 0 Å². The van der Waals surface area contributed by atoms with Crippen molar-refractivity contribution in [2.24, 2.45) is 5.73 Å². The average Bonchev–Trinajstić information content (AvgIpc) is 2.69. The van der Waals surface area contributed by atoms with Crippen molar-refractivity contribution < 1.29 is 14.4 Å². The summed E-state index contributed by atoms with van der Waals surface area (Å²) < 4.78 is 0.